The molecule has 12 heavy (non-hydrogen) atoms. The van der Waals surface area contributed by atoms with E-state index in [1.807, 2.05) is 6.92 Å². The lowest BCUT2D eigenvalue weighted by Crippen LogP contribution is -2.17. The van der Waals surface area contributed by atoms with Gasteiger partial charge in [-0.15, -0.1) is 0 Å². The van der Waals surface area contributed by atoms with Gasteiger partial charge in [0.15, 0.2) is 0 Å². The molecule has 0 rings (SSSR count). The van der Waals surface area contributed by atoms with Crippen LogP contribution < -0.4 is 0 Å². The number of aliphatic hydroxyl groups is 1. The lowest BCUT2D eigenvalue weighted by atomic mass is 10.3. The van der Waals surface area contributed by atoms with Crippen LogP contribution in [0.2, 0.25) is 0 Å². The van der Waals surface area contributed by atoms with Crippen molar-refractivity contribution in [1.29, 1.82) is 0 Å². The molecule has 0 aliphatic heterocycles. The summed E-state index contributed by atoms with van der Waals surface area (Å²) in [6, 6.07) is 0. The normalized spacial score (nSPS) is 11.2. The highest BCUT2D eigenvalue weighted by atomic mass is 16.5. The van der Waals surface area contributed by atoms with E-state index in [0.717, 1.165) is 0 Å². The molecule has 0 radical (unpaired) electrons. The lowest BCUT2D eigenvalue weighted by Gasteiger charge is -2.07. The molecule has 0 saturated heterocycles. The van der Waals surface area contributed by atoms with E-state index >= 15 is 0 Å². The maximum absolute atomic E-state index is 10.7. The minimum Gasteiger partial charge on any atom is -0.460 e. The van der Waals surface area contributed by atoms with Crippen molar-refractivity contribution in [2.45, 2.75) is 33.8 Å². The number of carbonyl (C=O) groups is 1. The van der Waals surface area contributed by atoms with Gasteiger partial charge in [0.2, 0.25) is 0 Å². The number of hydrogen-bond acceptors (Lipinski definition) is 3. The summed E-state index contributed by atoms with van der Waals surface area (Å²) in [6.45, 7) is 6.85. The fourth-order valence-electron chi connectivity index (χ4n) is 0.413. The van der Waals surface area contributed by atoms with Gasteiger partial charge in [0.1, 0.15) is 6.61 Å². The smallest absolute Gasteiger partial charge is 0.333 e. The number of hydrogen-bond donors (Lipinski definition) is 1. The van der Waals surface area contributed by atoms with Crippen LogP contribution in [0.1, 0.15) is 27.7 Å². The van der Waals surface area contributed by atoms with Crippen molar-refractivity contribution in [1.82, 2.24) is 0 Å². The third kappa shape index (κ3) is 5.92. The Labute approximate surface area is 74.0 Å². The summed E-state index contributed by atoms with van der Waals surface area (Å²) < 4.78 is 4.67. The van der Waals surface area contributed by atoms with E-state index in [0.29, 0.717) is 12.0 Å². The number of esters is 1. The van der Waals surface area contributed by atoms with Crippen molar-refractivity contribution in [2.75, 3.05) is 6.61 Å². The number of carbonyl (C=O) groups excluding carboxylic acids is 1. The second-order valence-corrected chi connectivity index (χ2v) is 2.44. The van der Waals surface area contributed by atoms with Crippen molar-refractivity contribution in [3.63, 3.8) is 0 Å². The van der Waals surface area contributed by atoms with Gasteiger partial charge in [0, 0.05) is 5.57 Å². The molecule has 0 aliphatic carbocycles. The Balaban J connectivity index is 0. The molecule has 0 heterocycles. The standard InChI is InChI=1S/C8H14O3.CH4/c1-4-7(9)5-11-8(10)6(2)3;/h7,9H,2,4-5H2,1,3H3;1H4. The molecule has 1 N–H and O–H groups in total. The van der Waals surface area contributed by atoms with Gasteiger partial charge in [-0.2, -0.15) is 0 Å². The molecule has 0 fully saturated rings. The molecular formula is C9H18O3. The maximum atomic E-state index is 10.7. The molecule has 0 aromatic carbocycles. The van der Waals surface area contributed by atoms with Gasteiger partial charge in [0.25, 0.3) is 0 Å². The van der Waals surface area contributed by atoms with Crippen LogP contribution in [0.5, 0.6) is 0 Å². The molecule has 72 valence electrons. The Kier molecular flexibility index (Phi) is 7.85. The van der Waals surface area contributed by atoms with E-state index < -0.39 is 12.1 Å². The number of rotatable bonds is 4. The van der Waals surface area contributed by atoms with Crippen molar-refractivity contribution in [3.8, 4) is 0 Å². The van der Waals surface area contributed by atoms with Crippen LogP contribution in [0.15, 0.2) is 12.2 Å². The van der Waals surface area contributed by atoms with E-state index in [2.05, 4.69) is 11.3 Å². The average molecular weight is 174 g/mol. The molecule has 0 saturated carbocycles. The van der Waals surface area contributed by atoms with Crippen molar-refractivity contribution in [2.24, 2.45) is 0 Å². The van der Waals surface area contributed by atoms with Gasteiger partial charge >= 0.3 is 5.97 Å². The minimum absolute atomic E-state index is 0. The highest BCUT2D eigenvalue weighted by Gasteiger charge is 2.06. The summed E-state index contributed by atoms with van der Waals surface area (Å²) in [5.74, 6) is -0.447. The largest absolute Gasteiger partial charge is 0.460 e. The van der Waals surface area contributed by atoms with Crippen LogP contribution >= 0.6 is 0 Å². The van der Waals surface area contributed by atoms with Gasteiger partial charge in [0.05, 0.1) is 6.10 Å². The Morgan fingerprint density at radius 3 is 2.50 bits per heavy atom. The Bertz CT molecular complexity index is 152. The minimum atomic E-state index is -0.557. The zero-order valence-electron chi connectivity index (χ0n) is 6.96. The molecule has 0 bridgehead atoms. The Hall–Kier alpha value is -0.830. The van der Waals surface area contributed by atoms with Crippen molar-refractivity contribution >= 4 is 5.97 Å². The molecule has 0 aromatic heterocycles. The van der Waals surface area contributed by atoms with Gasteiger partial charge in [-0.3, -0.25) is 0 Å². The fourth-order valence-corrected chi connectivity index (χ4v) is 0.413. The molecule has 1 unspecified atom stereocenters. The SMILES string of the molecule is C.C=C(C)C(=O)OCC(O)CC. The predicted octanol–water partition coefficient (Wildman–Crippen LogP) is 1.51. The zero-order valence-corrected chi connectivity index (χ0v) is 6.96. The second-order valence-electron chi connectivity index (χ2n) is 2.44. The topological polar surface area (TPSA) is 46.5 Å². The van der Waals surface area contributed by atoms with E-state index in [4.69, 9.17) is 5.11 Å². The first-order valence-corrected chi connectivity index (χ1v) is 3.58. The first-order valence-electron chi connectivity index (χ1n) is 3.58. The summed E-state index contributed by atoms with van der Waals surface area (Å²) in [5, 5.41) is 8.98. The van der Waals surface area contributed by atoms with Gasteiger partial charge in [-0.25, -0.2) is 4.79 Å². The molecule has 0 aromatic rings. The van der Waals surface area contributed by atoms with Crippen molar-refractivity contribution in [3.05, 3.63) is 12.2 Å². The van der Waals surface area contributed by atoms with Gasteiger partial charge in [-0.05, 0) is 13.3 Å². The van der Waals surface area contributed by atoms with Crippen LogP contribution in [0.3, 0.4) is 0 Å². The summed E-state index contributed by atoms with van der Waals surface area (Å²) in [7, 11) is 0. The van der Waals surface area contributed by atoms with Crippen LogP contribution in [0.25, 0.3) is 0 Å². The van der Waals surface area contributed by atoms with Crippen LogP contribution in [0, 0.1) is 0 Å². The number of aliphatic hydroxyl groups excluding tert-OH is 1. The molecule has 1 atom stereocenters. The fraction of sp³-hybridized carbons (Fsp3) is 0.667. The van der Waals surface area contributed by atoms with E-state index in [1.165, 1.54) is 0 Å². The van der Waals surface area contributed by atoms with E-state index in [-0.39, 0.29) is 14.0 Å². The van der Waals surface area contributed by atoms with Crippen LogP contribution in [-0.2, 0) is 9.53 Å². The van der Waals surface area contributed by atoms with Crippen molar-refractivity contribution < 1.29 is 14.6 Å². The lowest BCUT2D eigenvalue weighted by molar-refractivity contribution is -0.141. The highest BCUT2D eigenvalue weighted by Crippen LogP contribution is 1.95. The Morgan fingerprint density at radius 2 is 2.17 bits per heavy atom. The average Bonchev–Trinajstić information content (AvgIpc) is 1.99. The molecule has 0 aliphatic rings. The highest BCUT2D eigenvalue weighted by molar-refractivity contribution is 5.86. The maximum Gasteiger partial charge on any atom is 0.333 e. The zero-order chi connectivity index (χ0) is 8.85. The monoisotopic (exact) mass is 174 g/mol. The number of ether oxygens (including phenoxy) is 1. The summed E-state index contributed by atoms with van der Waals surface area (Å²) >= 11 is 0. The molecule has 3 nitrogen and oxygen atoms in total. The molecule has 0 amide bonds. The van der Waals surface area contributed by atoms with Gasteiger partial charge < -0.3 is 9.84 Å². The Morgan fingerprint density at radius 1 is 1.67 bits per heavy atom. The van der Waals surface area contributed by atoms with Crippen LogP contribution in [-0.4, -0.2) is 23.8 Å². The summed E-state index contributed by atoms with van der Waals surface area (Å²) in [5.41, 5.74) is 0.355. The summed E-state index contributed by atoms with van der Waals surface area (Å²) in [4.78, 5) is 10.7. The second kappa shape index (κ2) is 6.85. The first kappa shape index (κ1) is 13.7. The quantitative estimate of drug-likeness (QED) is 0.519. The molecular weight excluding hydrogens is 156 g/mol. The molecule has 0 spiro atoms. The first-order chi connectivity index (χ1) is 5.07. The third-order valence-electron chi connectivity index (χ3n) is 1.23. The van der Waals surface area contributed by atoms with E-state index in [9.17, 15) is 4.79 Å². The summed E-state index contributed by atoms with van der Waals surface area (Å²) in [6.07, 6.45) is 0.0296. The predicted molar refractivity (Wildman–Crippen MR) is 48.8 cm³/mol. The van der Waals surface area contributed by atoms with Gasteiger partial charge in [-0.1, -0.05) is 20.9 Å². The van der Waals surface area contributed by atoms with E-state index in [1.54, 1.807) is 6.92 Å². The third-order valence-corrected chi connectivity index (χ3v) is 1.23. The van der Waals surface area contributed by atoms with Crippen LogP contribution in [0.4, 0.5) is 0 Å². The molecule has 3 heteroatoms.